The molecule has 0 radical (unpaired) electrons. The zero-order valence-corrected chi connectivity index (χ0v) is 16.1. The molecule has 0 amide bonds. The molecular weight excluding hydrogens is 366 g/mol. The van der Waals surface area contributed by atoms with Gasteiger partial charge < -0.3 is 14.4 Å². The predicted octanol–water partition coefficient (Wildman–Crippen LogP) is 4.38. The highest BCUT2D eigenvalue weighted by molar-refractivity contribution is 6.31. The van der Waals surface area contributed by atoms with Gasteiger partial charge in [-0.3, -0.25) is 0 Å². The standard InChI is InChI=1S/C20H20ClN3O3/c1-4-26-20(25)13(2)27-16-8-6-15(7-9-16)24(3)19-17-10-5-14(21)11-18(17)22-12-23-19/h5-13H,4H2,1-3H3. The molecule has 3 rings (SSSR count). The van der Waals surface area contributed by atoms with Crippen LogP contribution < -0.4 is 9.64 Å². The molecule has 7 heteroatoms. The molecule has 0 aliphatic heterocycles. The van der Waals surface area contributed by atoms with Crippen LogP contribution in [-0.4, -0.2) is 35.7 Å². The van der Waals surface area contributed by atoms with Gasteiger partial charge >= 0.3 is 5.97 Å². The van der Waals surface area contributed by atoms with Crippen LogP contribution in [-0.2, 0) is 9.53 Å². The third kappa shape index (κ3) is 4.28. The summed E-state index contributed by atoms with van der Waals surface area (Å²) in [6.07, 6.45) is 0.854. The van der Waals surface area contributed by atoms with Crippen molar-refractivity contribution in [3.63, 3.8) is 0 Å². The number of benzene rings is 2. The molecule has 0 bridgehead atoms. The lowest BCUT2D eigenvalue weighted by molar-refractivity contribution is -0.150. The van der Waals surface area contributed by atoms with Crippen molar-refractivity contribution >= 4 is 40.0 Å². The molecule has 27 heavy (non-hydrogen) atoms. The maximum atomic E-state index is 11.7. The Morgan fingerprint density at radius 1 is 1.19 bits per heavy atom. The van der Waals surface area contributed by atoms with Crippen molar-refractivity contribution in [1.29, 1.82) is 0 Å². The number of aromatic nitrogens is 2. The highest BCUT2D eigenvalue weighted by Crippen LogP contribution is 2.30. The summed E-state index contributed by atoms with van der Waals surface area (Å²) in [5, 5.41) is 1.53. The van der Waals surface area contributed by atoms with Gasteiger partial charge in [0.15, 0.2) is 6.10 Å². The lowest BCUT2D eigenvalue weighted by atomic mass is 10.2. The first kappa shape index (κ1) is 18.9. The van der Waals surface area contributed by atoms with E-state index in [1.165, 1.54) is 6.33 Å². The number of ether oxygens (including phenoxy) is 2. The van der Waals surface area contributed by atoms with E-state index in [1.807, 2.05) is 54.4 Å². The summed E-state index contributed by atoms with van der Waals surface area (Å²) in [6, 6.07) is 12.9. The van der Waals surface area contributed by atoms with E-state index in [0.717, 1.165) is 22.4 Å². The van der Waals surface area contributed by atoms with Crippen molar-refractivity contribution in [2.24, 2.45) is 0 Å². The lowest BCUT2D eigenvalue weighted by Crippen LogP contribution is -2.26. The van der Waals surface area contributed by atoms with Crippen LogP contribution in [0.15, 0.2) is 48.8 Å². The minimum atomic E-state index is -0.663. The highest BCUT2D eigenvalue weighted by Gasteiger charge is 2.16. The van der Waals surface area contributed by atoms with E-state index < -0.39 is 6.10 Å². The van der Waals surface area contributed by atoms with Crippen LogP contribution in [0.3, 0.4) is 0 Å². The molecule has 0 spiro atoms. The summed E-state index contributed by atoms with van der Waals surface area (Å²) in [7, 11) is 1.92. The Hall–Kier alpha value is -2.86. The molecule has 0 N–H and O–H groups in total. The summed E-state index contributed by atoms with van der Waals surface area (Å²) in [5.41, 5.74) is 1.70. The summed E-state index contributed by atoms with van der Waals surface area (Å²) in [5.74, 6) is 0.974. The molecule has 140 valence electrons. The quantitative estimate of drug-likeness (QED) is 0.586. The van der Waals surface area contributed by atoms with Gasteiger partial charge in [-0.25, -0.2) is 14.8 Å². The third-order valence-corrected chi connectivity index (χ3v) is 4.29. The Bertz CT molecular complexity index is 947. The number of anilines is 2. The fraction of sp³-hybridized carbons (Fsp3) is 0.250. The van der Waals surface area contributed by atoms with Gasteiger partial charge in [0.2, 0.25) is 0 Å². The normalized spacial score (nSPS) is 11.9. The molecule has 1 unspecified atom stereocenters. The number of nitrogens with zero attached hydrogens (tertiary/aromatic N) is 3. The van der Waals surface area contributed by atoms with Crippen molar-refractivity contribution in [1.82, 2.24) is 9.97 Å². The number of esters is 1. The van der Waals surface area contributed by atoms with E-state index in [1.54, 1.807) is 13.8 Å². The number of carbonyl (C=O) groups is 1. The van der Waals surface area contributed by atoms with Crippen molar-refractivity contribution in [3.8, 4) is 5.75 Å². The van der Waals surface area contributed by atoms with Crippen LogP contribution in [0.1, 0.15) is 13.8 Å². The SMILES string of the molecule is CCOC(=O)C(C)Oc1ccc(N(C)c2ncnc3cc(Cl)ccc23)cc1. The van der Waals surface area contributed by atoms with E-state index in [9.17, 15) is 4.79 Å². The van der Waals surface area contributed by atoms with E-state index in [0.29, 0.717) is 17.4 Å². The number of fused-ring (bicyclic) bond motifs is 1. The topological polar surface area (TPSA) is 64.6 Å². The molecule has 0 aliphatic carbocycles. The summed E-state index contributed by atoms with van der Waals surface area (Å²) >= 11 is 6.05. The predicted molar refractivity (Wildman–Crippen MR) is 106 cm³/mol. The van der Waals surface area contributed by atoms with Gasteiger partial charge in [-0.05, 0) is 56.3 Å². The average Bonchev–Trinajstić information content (AvgIpc) is 2.67. The van der Waals surface area contributed by atoms with Gasteiger partial charge in [0.1, 0.15) is 17.9 Å². The average molecular weight is 386 g/mol. The van der Waals surface area contributed by atoms with Crippen molar-refractivity contribution in [2.45, 2.75) is 20.0 Å². The second kappa shape index (κ2) is 8.22. The number of halogens is 1. The van der Waals surface area contributed by atoms with Crippen LogP contribution in [0.2, 0.25) is 5.02 Å². The largest absolute Gasteiger partial charge is 0.479 e. The van der Waals surface area contributed by atoms with Crippen LogP contribution in [0.5, 0.6) is 5.75 Å². The second-order valence-electron chi connectivity index (χ2n) is 5.92. The molecule has 0 saturated carbocycles. The fourth-order valence-electron chi connectivity index (χ4n) is 2.67. The molecule has 0 saturated heterocycles. The number of rotatable bonds is 6. The summed E-state index contributed by atoms with van der Waals surface area (Å²) < 4.78 is 10.6. The monoisotopic (exact) mass is 385 g/mol. The molecule has 1 aromatic heterocycles. The van der Waals surface area contributed by atoms with Crippen LogP contribution >= 0.6 is 11.6 Å². The molecule has 2 aromatic carbocycles. The molecule has 1 heterocycles. The second-order valence-corrected chi connectivity index (χ2v) is 6.36. The van der Waals surface area contributed by atoms with E-state index in [-0.39, 0.29) is 5.97 Å². The first-order valence-corrected chi connectivity index (χ1v) is 8.94. The van der Waals surface area contributed by atoms with Gasteiger partial charge in [0.25, 0.3) is 0 Å². The Balaban J connectivity index is 1.80. The van der Waals surface area contributed by atoms with Crippen molar-refractivity contribution < 1.29 is 14.3 Å². The van der Waals surface area contributed by atoms with Gasteiger partial charge in [0, 0.05) is 23.1 Å². The molecule has 1 atom stereocenters. The third-order valence-electron chi connectivity index (χ3n) is 4.05. The van der Waals surface area contributed by atoms with E-state index in [2.05, 4.69) is 9.97 Å². The number of hydrogen-bond acceptors (Lipinski definition) is 6. The summed E-state index contributed by atoms with van der Waals surface area (Å²) in [4.78, 5) is 22.3. The highest BCUT2D eigenvalue weighted by atomic mass is 35.5. The first-order valence-electron chi connectivity index (χ1n) is 8.57. The molecule has 6 nitrogen and oxygen atoms in total. The van der Waals surface area contributed by atoms with Crippen LogP contribution in [0, 0.1) is 0 Å². The Morgan fingerprint density at radius 3 is 2.63 bits per heavy atom. The number of carbonyl (C=O) groups excluding carboxylic acids is 1. The molecule has 0 aliphatic rings. The zero-order valence-electron chi connectivity index (χ0n) is 15.3. The molecule has 0 fully saturated rings. The van der Waals surface area contributed by atoms with Crippen LogP contribution in [0.25, 0.3) is 10.9 Å². The van der Waals surface area contributed by atoms with Gasteiger partial charge in [-0.2, -0.15) is 0 Å². The van der Waals surface area contributed by atoms with Crippen molar-refractivity contribution in [2.75, 3.05) is 18.6 Å². The minimum absolute atomic E-state index is 0.328. The van der Waals surface area contributed by atoms with Crippen LogP contribution in [0.4, 0.5) is 11.5 Å². The first-order chi connectivity index (χ1) is 13.0. The Morgan fingerprint density at radius 2 is 1.93 bits per heavy atom. The lowest BCUT2D eigenvalue weighted by Gasteiger charge is -2.20. The van der Waals surface area contributed by atoms with E-state index in [4.69, 9.17) is 21.1 Å². The fourth-order valence-corrected chi connectivity index (χ4v) is 2.83. The smallest absolute Gasteiger partial charge is 0.347 e. The molecular formula is C20H20ClN3O3. The van der Waals surface area contributed by atoms with Gasteiger partial charge in [0.05, 0.1) is 12.1 Å². The maximum Gasteiger partial charge on any atom is 0.347 e. The van der Waals surface area contributed by atoms with Gasteiger partial charge in [-0.15, -0.1) is 0 Å². The van der Waals surface area contributed by atoms with Crippen molar-refractivity contribution in [3.05, 3.63) is 53.8 Å². The number of hydrogen-bond donors (Lipinski definition) is 0. The Kier molecular flexibility index (Phi) is 5.76. The minimum Gasteiger partial charge on any atom is -0.479 e. The molecule has 3 aromatic rings. The summed E-state index contributed by atoms with van der Waals surface area (Å²) in [6.45, 7) is 3.75. The Labute approximate surface area is 162 Å². The zero-order chi connectivity index (χ0) is 19.4. The van der Waals surface area contributed by atoms with E-state index >= 15 is 0 Å². The maximum absolute atomic E-state index is 11.7. The van der Waals surface area contributed by atoms with Gasteiger partial charge in [-0.1, -0.05) is 11.6 Å².